The van der Waals surface area contributed by atoms with Gasteiger partial charge in [0.05, 0.1) is 0 Å². The summed E-state index contributed by atoms with van der Waals surface area (Å²) in [4.78, 5) is 24.6. The number of rotatable bonds is 5. The number of nitrogens with two attached hydrogens (primary N) is 1. The number of primary amides is 1. The number of carbonyl (C=O) groups excluding carboxylic acids is 2. The molecule has 4 bridgehead atoms. The van der Waals surface area contributed by atoms with E-state index in [0.717, 1.165) is 43.4 Å². The second-order valence-corrected chi connectivity index (χ2v) is 7.94. The Labute approximate surface area is 127 Å². The molecule has 0 spiro atoms. The van der Waals surface area contributed by atoms with Crippen LogP contribution in [0.15, 0.2) is 0 Å². The molecule has 0 aliphatic heterocycles. The minimum absolute atomic E-state index is 0.0976. The average Bonchev–Trinajstić information content (AvgIpc) is 2.41. The maximum atomic E-state index is 12.9. The highest BCUT2D eigenvalue weighted by molar-refractivity contribution is 5.89. The molecule has 4 fully saturated rings. The monoisotopic (exact) mass is 292 g/mol. The molecule has 2 amide bonds. The molecule has 4 rings (SSSR count). The van der Waals surface area contributed by atoms with E-state index in [2.05, 4.69) is 5.32 Å². The first-order valence-corrected chi connectivity index (χ1v) is 8.54. The minimum Gasteiger partial charge on any atom is -0.368 e. The van der Waals surface area contributed by atoms with Crippen LogP contribution in [0.4, 0.5) is 0 Å². The van der Waals surface area contributed by atoms with Gasteiger partial charge in [0.25, 0.3) is 0 Å². The van der Waals surface area contributed by atoms with E-state index in [9.17, 15) is 9.59 Å². The smallest absolute Gasteiger partial charge is 0.240 e. The molecule has 4 aliphatic rings. The Morgan fingerprint density at radius 1 is 1.14 bits per heavy atom. The second kappa shape index (κ2) is 5.29. The summed E-state index contributed by atoms with van der Waals surface area (Å²) in [6, 6.07) is -0.518. The molecule has 4 heteroatoms. The fraction of sp³-hybridized carbons (Fsp3) is 0.882. The molecule has 4 aliphatic carbocycles. The lowest BCUT2D eigenvalue weighted by Gasteiger charge is -2.55. The molecule has 0 aromatic rings. The van der Waals surface area contributed by atoms with Crippen LogP contribution < -0.4 is 11.1 Å². The fourth-order valence-corrected chi connectivity index (χ4v) is 5.41. The summed E-state index contributed by atoms with van der Waals surface area (Å²) in [5.41, 5.74) is 5.30. The molecular weight excluding hydrogens is 264 g/mol. The molecule has 0 radical (unpaired) electrons. The van der Waals surface area contributed by atoms with Gasteiger partial charge in [-0.1, -0.05) is 20.3 Å². The first kappa shape index (κ1) is 14.9. The van der Waals surface area contributed by atoms with Gasteiger partial charge in [0.15, 0.2) is 0 Å². The minimum atomic E-state index is -0.518. The lowest BCUT2D eigenvalue weighted by molar-refractivity contribution is -0.148. The van der Waals surface area contributed by atoms with Crippen molar-refractivity contribution in [1.29, 1.82) is 0 Å². The summed E-state index contributed by atoms with van der Waals surface area (Å²) in [5, 5.41) is 3.01. The molecule has 4 nitrogen and oxygen atoms in total. The molecule has 2 atom stereocenters. The summed E-state index contributed by atoms with van der Waals surface area (Å²) >= 11 is 0. The fourth-order valence-electron chi connectivity index (χ4n) is 5.41. The van der Waals surface area contributed by atoms with Crippen LogP contribution >= 0.6 is 0 Å². The first-order chi connectivity index (χ1) is 9.93. The molecule has 0 unspecified atom stereocenters. The third-order valence-corrected chi connectivity index (χ3v) is 6.33. The molecule has 4 saturated carbocycles. The normalized spacial score (nSPS) is 39.8. The van der Waals surface area contributed by atoms with Crippen molar-refractivity contribution in [3.8, 4) is 0 Å². The number of amides is 2. The van der Waals surface area contributed by atoms with Crippen LogP contribution in [0.3, 0.4) is 0 Å². The molecular formula is C17H28N2O2. The zero-order valence-corrected chi connectivity index (χ0v) is 13.2. The van der Waals surface area contributed by atoms with Crippen molar-refractivity contribution < 1.29 is 9.59 Å². The summed E-state index contributed by atoms with van der Waals surface area (Å²) in [6.07, 6.45) is 7.87. The topological polar surface area (TPSA) is 72.2 Å². The van der Waals surface area contributed by atoms with Gasteiger partial charge in [0.2, 0.25) is 11.8 Å². The molecule has 0 saturated heterocycles. The van der Waals surface area contributed by atoms with Gasteiger partial charge in [0, 0.05) is 5.41 Å². The lowest BCUT2D eigenvalue weighted by atomic mass is 9.49. The Morgan fingerprint density at radius 3 is 2.00 bits per heavy atom. The molecule has 118 valence electrons. The van der Waals surface area contributed by atoms with E-state index < -0.39 is 11.9 Å². The van der Waals surface area contributed by atoms with E-state index in [0.29, 0.717) is 0 Å². The van der Waals surface area contributed by atoms with Crippen LogP contribution in [0.2, 0.25) is 0 Å². The largest absolute Gasteiger partial charge is 0.368 e. The van der Waals surface area contributed by atoms with Gasteiger partial charge >= 0.3 is 0 Å². The standard InChI is InChI=1S/C17H28N2O2/c1-3-10(2)14(15(18)20)19-16(21)17-7-11-4-12(8-17)6-13(5-11)9-17/h10-14H,3-9H2,1-2H3,(H2,18,20)(H,19,21)/t10-,11?,12?,13?,14-,17?/m1/s1. The van der Waals surface area contributed by atoms with Crippen LogP contribution in [0.5, 0.6) is 0 Å². The number of nitrogens with one attached hydrogen (secondary N) is 1. The van der Waals surface area contributed by atoms with Crippen molar-refractivity contribution in [2.45, 2.75) is 64.8 Å². The second-order valence-electron chi connectivity index (χ2n) is 7.94. The average molecular weight is 292 g/mol. The summed E-state index contributed by atoms with van der Waals surface area (Å²) in [6.45, 7) is 4.01. The number of carbonyl (C=O) groups is 2. The van der Waals surface area contributed by atoms with E-state index in [1.165, 1.54) is 19.3 Å². The van der Waals surface area contributed by atoms with E-state index in [4.69, 9.17) is 5.73 Å². The van der Waals surface area contributed by atoms with Crippen molar-refractivity contribution in [1.82, 2.24) is 5.32 Å². The van der Waals surface area contributed by atoms with Gasteiger partial charge in [-0.2, -0.15) is 0 Å². The van der Waals surface area contributed by atoms with Crippen LogP contribution in [0.1, 0.15) is 58.8 Å². The van der Waals surface area contributed by atoms with Crippen LogP contribution in [-0.4, -0.2) is 17.9 Å². The SMILES string of the molecule is CC[C@@H](C)[C@@H](NC(=O)C12CC3CC(CC(C3)C1)C2)C(N)=O. The Balaban J connectivity index is 1.74. The predicted octanol–water partition coefficient (Wildman–Crippen LogP) is 2.22. The van der Waals surface area contributed by atoms with Gasteiger partial charge in [-0.15, -0.1) is 0 Å². The van der Waals surface area contributed by atoms with Gasteiger partial charge in [-0.05, 0) is 62.2 Å². The Kier molecular flexibility index (Phi) is 3.74. The highest BCUT2D eigenvalue weighted by Crippen LogP contribution is 2.60. The van der Waals surface area contributed by atoms with Gasteiger partial charge in [-0.25, -0.2) is 0 Å². The zero-order chi connectivity index (χ0) is 15.2. The highest BCUT2D eigenvalue weighted by atomic mass is 16.2. The third-order valence-electron chi connectivity index (χ3n) is 6.33. The molecule has 21 heavy (non-hydrogen) atoms. The molecule has 0 aromatic heterocycles. The van der Waals surface area contributed by atoms with E-state index in [1.807, 2.05) is 13.8 Å². The number of hydrogen-bond donors (Lipinski definition) is 2. The maximum absolute atomic E-state index is 12.9. The molecule has 0 heterocycles. The summed E-state index contributed by atoms with van der Waals surface area (Å²) < 4.78 is 0. The molecule has 0 aromatic carbocycles. The quantitative estimate of drug-likeness (QED) is 0.815. The highest BCUT2D eigenvalue weighted by Gasteiger charge is 2.55. The first-order valence-electron chi connectivity index (χ1n) is 8.54. The Bertz CT molecular complexity index is 411. The van der Waals surface area contributed by atoms with Crippen molar-refractivity contribution >= 4 is 11.8 Å². The van der Waals surface area contributed by atoms with E-state index >= 15 is 0 Å². The summed E-state index contributed by atoms with van der Waals surface area (Å²) in [5.74, 6) is 2.00. The van der Waals surface area contributed by atoms with Crippen LogP contribution in [-0.2, 0) is 9.59 Å². The summed E-state index contributed by atoms with van der Waals surface area (Å²) in [7, 11) is 0. The van der Waals surface area contributed by atoms with Gasteiger partial charge < -0.3 is 11.1 Å². The van der Waals surface area contributed by atoms with Crippen molar-refractivity contribution in [3.63, 3.8) is 0 Å². The Hall–Kier alpha value is -1.06. The zero-order valence-electron chi connectivity index (χ0n) is 13.2. The maximum Gasteiger partial charge on any atom is 0.240 e. The van der Waals surface area contributed by atoms with Crippen molar-refractivity contribution in [2.75, 3.05) is 0 Å². The van der Waals surface area contributed by atoms with Crippen molar-refractivity contribution in [2.24, 2.45) is 34.8 Å². The van der Waals surface area contributed by atoms with Crippen LogP contribution in [0.25, 0.3) is 0 Å². The lowest BCUT2D eigenvalue weighted by Crippen LogP contribution is -2.58. The van der Waals surface area contributed by atoms with Gasteiger partial charge in [-0.3, -0.25) is 9.59 Å². The predicted molar refractivity (Wildman–Crippen MR) is 81.2 cm³/mol. The Morgan fingerprint density at radius 2 is 1.62 bits per heavy atom. The molecule has 3 N–H and O–H groups in total. The van der Waals surface area contributed by atoms with Crippen molar-refractivity contribution in [3.05, 3.63) is 0 Å². The third kappa shape index (κ3) is 2.58. The van der Waals surface area contributed by atoms with Crippen LogP contribution in [0, 0.1) is 29.1 Å². The number of hydrogen-bond acceptors (Lipinski definition) is 2. The van der Waals surface area contributed by atoms with E-state index in [1.54, 1.807) is 0 Å². The van der Waals surface area contributed by atoms with Gasteiger partial charge in [0.1, 0.15) is 6.04 Å². The van der Waals surface area contributed by atoms with E-state index in [-0.39, 0.29) is 17.2 Å².